The van der Waals surface area contributed by atoms with Crippen LogP contribution in [-0.2, 0) is 0 Å². The average Bonchev–Trinajstić information content (AvgIpc) is 2.38. The Morgan fingerprint density at radius 1 is 1.62 bits per heavy atom. The highest BCUT2D eigenvalue weighted by Crippen LogP contribution is 2.15. The first-order chi connectivity index (χ1) is 7.90. The third-order valence-electron chi connectivity index (χ3n) is 2.66. The van der Waals surface area contributed by atoms with Crippen molar-refractivity contribution < 1.29 is 4.74 Å². The van der Waals surface area contributed by atoms with E-state index < -0.39 is 0 Å². The van der Waals surface area contributed by atoms with Crippen LogP contribution in [0.2, 0.25) is 0 Å². The minimum absolute atomic E-state index is 0.343. The van der Waals surface area contributed by atoms with Crippen LogP contribution < -0.4 is 10.1 Å². The third-order valence-corrected chi connectivity index (χ3v) is 2.66. The first-order valence-electron chi connectivity index (χ1n) is 5.45. The van der Waals surface area contributed by atoms with Crippen LogP contribution in [0.25, 0.3) is 0 Å². The molecule has 0 amide bonds. The number of nitriles is 1. The van der Waals surface area contributed by atoms with E-state index in [1.54, 1.807) is 6.07 Å². The van der Waals surface area contributed by atoms with E-state index in [0.29, 0.717) is 24.0 Å². The van der Waals surface area contributed by atoms with Gasteiger partial charge in [-0.2, -0.15) is 10.4 Å². The molecule has 1 unspecified atom stereocenters. The van der Waals surface area contributed by atoms with Gasteiger partial charge >= 0.3 is 0 Å². The molecule has 1 atom stereocenters. The minimum atomic E-state index is 0.343. The molecule has 1 aliphatic heterocycles. The Balaban J connectivity index is 1.91. The second-order valence-electron chi connectivity index (χ2n) is 3.89. The molecule has 0 saturated carbocycles. The van der Waals surface area contributed by atoms with Gasteiger partial charge in [-0.25, -0.2) is 0 Å². The van der Waals surface area contributed by atoms with E-state index in [-0.39, 0.29) is 0 Å². The lowest BCUT2D eigenvalue weighted by atomic mass is 10.0. The molecular weight excluding hydrogens is 204 g/mol. The number of aromatic nitrogens is 2. The van der Waals surface area contributed by atoms with Crippen LogP contribution in [-0.4, -0.2) is 29.9 Å². The first kappa shape index (κ1) is 10.8. The lowest BCUT2D eigenvalue weighted by molar-refractivity contribution is 0.210. The minimum Gasteiger partial charge on any atom is -0.475 e. The number of rotatable bonds is 3. The Morgan fingerprint density at radius 2 is 2.56 bits per heavy atom. The Labute approximate surface area is 94.4 Å². The number of hydrogen-bond donors (Lipinski definition) is 1. The van der Waals surface area contributed by atoms with E-state index in [2.05, 4.69) is 15.5 Å². The summed E-state index contributed by atoms with van der Waals surface area (Å²) in [5.74, 6) is 0.845. The maximum Gasteiger partial charge on any atom is 0.251 e. The van der Waals surface area contributed by atoms with Crippen LogP contribution in [0, 0.1) is 17.2 Å². The smallest absolute Gasteiger partial charge is 0.251 e. The van der Waals surface area contributed by atoms with Crippen LogP contribution in [0.4, 0.5) is 0 Å². The second-order valence-corrected chi connectivity index (χ2v) is 3.89. The largest absolute Gasteiger partial charge is 0.475 e. The fourth-order valence-corrected chi connectivity index (χ4v) is 1.77. The van der Waals surface area contributed by atoms with Gasteiger partial charge in [-0.05, 0) is 25.5 Å². The first-order valence-corrected chi connectivity index (χ1v) is 5.45. The zero-order valence-corrected chi connectivity index (χ0v) is 9.02. The van der Waals surface area contributed by atoms with E-state index >= 15 is 0 Å². The van der Waals surface area contributed by atoms with E-state index in [1.807, 2.05) is 6.07 Å². The summed E-state index contributed by atoms with van der Waals surface area (Å²) in [5.41, 5.74) is 0.443. The molecule has 84 valence electrons. The highest BCUT2D eigenvalue weighted by Gasteiger charge is 2.14. The molecule has 0 radical (unpaired) electrons. The van der Waals surface area contributed by atoms with Crippen LogP contribution in [0.15, 0.2) is 12.3 Å². The Bertz CT molecular complexity index is 382. The fourth-order valence-electron chi connectivity index (χ4n) is 1.77. The zero-order valence-electron chi connectivity index (χ0n) is 9.02. The highest BCUT2D eigenvalue weighted by molar-refractivity contribution is 5.35. The third kappa shape index (κ3) is 2.67. The lowest BCUT2D eigenvalue weighted by Crippen LogP contribution is -2.33. The van der Waals surface area contributed by atoms with Crippen molar-refractivity contribution in [2.45, 2.75) is 12.8 Å². The zero-order chi connectivity index (χ0) is 11.2. The molecule has 1 aromatic heterocycles. The van der Waals surface area contributed by atoms with Crippen molar-refractivity contribution in [1.29, 1.82) is 5.26 Å². The molecular formula is C11H14N4O. The molecule has 1 fully saturated rings. The van der Waals surface area contributed by atoms with Crippen molar-refractivity contribution in [3.05, 3.63) is 17.8 Å². The molecule has 1 aromatic rings. The number of nitrogens with one attached hydrogen (secondary N) is 1. The summed E-state index contributed by atoms with van der Waals surface area (Å²) in [5, 5.41) is 19.7. The van der Waals surface area contributed by atoms with E-state index in [1.165, 1.54) is 12.6 Å². The van der Waals surface area contributed by atoms with Gasteiger partial charge in [-0.15, -0.1) is 5.10 Å². The van der Waals surface area contributed by atoms with Crippen molar-refractivity contribution in [3.63, 3.8) is 0 Å². The molecule has 1 N–H and O–H groups in total. The molecule has 5 heteroatoms. The van der Waals surface area contributed by atoms with E-state index in [4.69, 9.17) is 10.00 Å². The van der Waals surface area contributed by atoms with Crippen molar-refractivity contribution in [1.82, 2.24) is 15.5 Å². The quantitative estimate of drug-likeness (QED) is 0.809. The Morgan fingerprint density at radius 3 is 3.31 bits per heavy atom. The predicted octanol–water partition coefficient (Wildman–Crippen LogP) is 0.727. The van der Waals surface area contributed by atoms with Gasteiger partial charge in [0.1, 0.15) is 11.6 Å². The summed E-state index contributed by atoms with van der Waals surface area (Å²) in [6.45, 7) is 2.66. The van der Waals surface area contributed by atoms with E-state index in [0.717, 1.165) is 19.5 Å². The van der Waals surface area contributed by atoms with Gasteiger partial charge in [0.2, 0.25) is 0 Å². The maximum atomic E-state index is 8.85. The lowest BCUT2D eigenvalue weighted by Gasteiger charge is -2.22. The van der Waals surface area contributed by atoms with Gasteiger partial charge in [-0.1, -0.05) is 0 Å². The number of piperidine rings is 1. The van der Waals surface area contributed by atoms with Gasteiger partial charge in [0.25, 0.3) is 5.88 Å². The molecule has 16 heavy (non-hydrogen) atoms. The van der Waals surface area contributed by atoms with Crippen molar-refractivity contribution in [2.75, 3.05) is 19.7 Å². The molecule has 2 heterocycles. The van der Waals surface area contributed by atoms with E-state index in [9.17, 15) is 0 Å². The van der Waals surface area contributed by atoms with Crippen LogP contribution in [0.5, 0.6) is 5.88 Å². The van der Waals surface area contributed by atoms with Gasteiger partial charge in [0.15, 0.2) is 0 Å². The Kier molecular flexibility index (Phi) is 3.67. The van der Waals surface area contributed by atoms with Crippen LogP contribution >= 0.6 is 0 Å². The normalized spacial score (nSPS) is 20.1. The molecule has 0 aliphatic carbocycles. The molecule has 1 saturated heterocycles. The van der Waals surface area contributed by atoms with Crippen molar-refractivity contribution >= 4 is 0 Å². The summed E-state index contributed by atoms with van der Waals surface area (Å²) in [4.78, 5) is 0. The van der Waals surface area contributed by atoms with Crippen LogP contribution in [0.3, 0.4) is 0 Å². The molecule has 0 bridgehead atoms. The molecule has 1 aliphatic rings. The summed E-state index contributed by atoms with van der Waals surface area (Å²) >= 11 is 0. The van der Waals surface area contributed by atoms with Gasteiger partial charge in [0.05, 0.1) is 12.8 Å². The number of hydrogen-bond acceptors (Lipinski definition) is 5. The van der Waals surface area contributed by atoms with Crippen molar-refractivity contribution in [3.8, 4) is 11.9 Å². The molecule has 0 spiro atoms. The highest BCUT2D eigenvalue weighted by atomic mass is 16.5. The summed E-state index contributed by atoms with van der Waals surface area (Å²) in [6.07, 6.45) is 3.84. The van der Waals surface area contributed by atoms with Crippen LogP contribution in [0.1, 0.15) is 18.4 Å². The summed E-state index contributed by atoms with van der Waals surface area (Å²) in [7, 11) is 0. The van der Waals surface area contributed by atoms with Crippen molar-refractivity contribution in [2.24, 2.45) is 5.92 Å². The van der Waals surface area contributed by atoms with Gasteiger partial charge < -0.3 is 10.1 Å². The Hall–Kier alpha value is -1.67. The second kappa shape index (κ2) is 5.42. The van der Waals surface area contributed by atoms with Gasteiger partial charge in [-0.3, -0.25) is 0 Å². The average molecular weight is 218 g/mol. The SMILES string of the molecule is N#Cc1ccnnc1OCC1CCCNC1. The summed E-state index contributed by atoms with van der Waals surface area (Å²) in [6, 6.07) is 3.65. The predicted molar refractivity (Wildman–Crippen MR) is 57.8 cm³/mol. The standard InChI is InChI=1S/C11H14N4O/c12-6-10-3-5-14-15-11(10)16-8-9-2-1-4-13-7-9/h3,5,9,13H,1-2,4,7-8H2. The number of nitrogens with zero attached hydrogens (tertiary/aromatic N) is 3. The fraction of sp³-hybridized carbons (Fsp3) is 0.545. The molecule has 0 aromatic carbocycles. The van der Waals surface area contributed by atoms with Gasteiger partial charge in [0, 0.05) is 12.5 Å². The molecule has 5 nitrogen and oxygen atoms in total. The molecule has 2 rings (SSSR count). The maximum absolute atomic E-state index is 8.85. The topological polar surface area (TPSA) is 70.8 Å². The number of ether oxygens (including phenoxy) is 1. The monoisotopic (exact) mass is 218 g/mol. The summed E-state index contributed by atoms with van der Waals surface area (Å²) < 4.78 is 5.53.